The summed E-state index contributed by atoms with van der Waals surface area (Å²) >= 11 is 0. The fourth-order valence-corrected chi connectivity index (χ4v) is 3.01. The van der Waals surface area contributed by atoms with E-state index in [4.69, 9.17) is 5.11 Å². The van der Waals surface area contributed by atoms with E-state index in [0.29, 0.717) is 18.3 Å². The highest BCUT2D eigenvalue weighted by molar-refractivity contribution is 5.66. The van der Waals surface area contributed by atoms with Crippen LogP contribution in [0.1, 0.15) is 50.3 Å². The summed E-state index contributed by atoms with van der Waals surface area (Å²) in [6.07, 6.45) is 5.21. The average molecular weight is 291 g/mol. The molecule has 1 saturated carbocycles. The topological polar surface area (TPSA) is 86.3 Å². The minimum atomic E-state index is -0.738. The van der Waals surface area contributed by atoms with Crippen LogP contribution in [0.5, 0.6) is 0 Å². The lowest BCUT2D eigenvalue weighted by Crippen LogP contribution is -2.37. The van der Waals surface area contributed by atoms with Gasteiger partial charge in [0.05, 0.1) is 0 Å². The number of nitrogens with one attached hydrogen (secondary N) is 1. The number of carboxylic acids is 1. The van der Waals surface area contributed by atoms with Crippen molar-refractivity contribution in [2.75, 3.05) is 18.0 Å². The van der Waals surface area contributed by atoms with E-state index in [1.807, 2.05) is 0 Å². The summed E-state index contributed by atoms with van der Waals surface area (Å²) < 4.78 is 0. The molecule has 1 saturated heterocycles. The Hall–Kier alpha value is -1.85. The SMILES string of the molecule is O=C(O)CCC1CCCN(c2cc(=O)[nH]c(C3CC3)n2)C1. The van der Waals surface area contributed by atoms with Crippen LogP contribution in [0.25, 0.3) is 0 Å². The molecule has 0 radical (unpaired) electrons. The van der Waals surface area contributed by atoms with Crippen LogP contribution in [0.15, 0.2) is 10.9 Å². The van der Waals surface area contributed by atoms with Crippen LogP contribution < -0.4 is 10.5 Å². The summed E-state index contributed by atoms with van der Waals surface area (Å²) in [6.45, 7) is 1.69. The lowest BCUT2D eigenvalue weighted by molar-refractivity contribution is -0.137. The Kier molecular flexibility index (Phi) is 3.94. The molecular weight excluding hydrogens is 270 g/mol. The minimum Gasteiger partial charge on any atom is -0.481 e. The van der Waals surface area contributed by atoms with Crippen molar-refractivity contribution in [3.05, 3.63) is 22.2 Å². The van der Waals surface area contributed by atoms with Crippen molar-refractivity contribution in [1.82, 2.24) is 9.97 Å². The molecule has 1 aromatic heterocycles. The molecule has 21 heavy (non-hydrogen) atoms. The smallest absolute Gasteiger partial charge is 0.303 e. The molecule has 1 aliphatic carbocycles. The summed E-state index contributed by atoms with van der Waals surface area (Å²) in [6, 6.07) is 1.56. The fourth-order valence-electron chi connectivity index (χ4n) is 3.01. The lowest BCUT2D eigenvalue weighted by atomic mass is 9.93. The second kappa shape index (κ2) is 5.87. The van der Waals surface area contributed by atoms with Gasteiger partial charge in [0.2, 0.25) is 0 Å². The Morgan fingerprint density at radius 3 is 2.95 bits per heavy atom. The molecule has 1 unspecified atom stereocenters. The molecule has 6 nitrogen and oxygen atoms in total. The molecule has 2 fully saturated rings. The van der Waals surface area contributed by atoms with Gasteiger partial charge < -0.3 is 15.0 Å². The Morgan fingerprint density at radius 1 is 1.43 bits per heavy atom. The van der Waals surface area contributed by atoms with Crippen LogP contribution in [0.4, 0.5) is 5.82 Å². The molecule has 0 bridgehead atoms. The summed E-state index contributed by atoms with van der Waals surface area (Å²) in [5.74, 6) is 1.62. The van der Waals surface area contributed by atoms with Crippen molar-refractivity contribution in [1.29, 1.82) is 0 Å². The third-order valence-electron chi connectivity index (χ3n) is 4.32. The lowest BCUT2D eigenvalue weighted by Gasteiger charge is -2.33. The number of anilines is 1. The number of carboxylic acid groups (broad SMARTS) is 1. The summed E-state index contributed by atoms with van der Waals surface area (Å²) in [7, 11) is 0. The summed E-state index contributed by atoms with van der Waals surface area (Å²) in [5, 5.41) is 8.80. The summed E-state index contributed by atoms with van der Waals surface area (Å²) in [5.41, 5.74) is -0.0884. The first-order chi connectivity index (χ1) is 10.1. The maximum atomic E-state index is 11.8. The van der Waals surface area contributed by atoms with Gasteiger partial charge in [-0.25, -0.2) is 4.98 Å². The quantitative estimate of drug-likeness (QED) is 0.862. The highest BCUT2D eigenvalue weighted by atomic mass is 16.4. The minimum absolute atomic E-state index is 0.0884. The third kappa shape index (κ3) is 3.62. The molecule has 1 aromatic rings. The fraction of sp³-hybridized carbons (Fsp3) is 0.667. The molecule has 114 valence electrons. The maximum absolute atomic E-state index is 11.8. The molecular formula is C15H21N3O3. The van der Waals surface area contributed by atoms with Crippen molar-refractivity contribution < 1.29 is 9.90 Å². The first-order valence-electron chi connectivity index (χ1n) is 7.70. The van der Waals surface area contributed by atoms with E-state index in [9.17, 15) is 9.59 Å². The molecule has 6 heteroatoms. The summed E-state index contributed by atoms with van der Waals surface area (Å²) in [4.78, 5) is 32.0. The number of aromatic nitrogens is 2. The van der Waals surface area contributed by atoms with Crippen molar-refractivity contribution in [3.63, 3.8) is 0 Å². The number of nitrogens with zero attached hydrogens (tertiary/aromatic N) is 2. The van der Waals surface area contributed by atoms with Gasteiger partial charge >= 0.3 is 5.97 Å². The Labute approximate surface area is 123 Å². The molecule has 2 aliphatic rings. The molecule has 0 spiro atoms. The number of hydrogen-bond acceptors (Lipinski definition) is 4. The van der Waals surface area contributed by atoms with Gasteiger partial charge in [0.25, 0.3) is 5.56 Å². The Morgan fingerprint density at radius 2 is 2.24 bits per heavy atom. The van der Waals surface area contributed by atoms with Gasteiger partial charge in [-0.1, -0.05) is 0 Å². The molecule has 1 atom stereocenters. The van der Waals surface area contributed by atoms with Crippen LogP contribution in [-0.2, 0) is 4.79 Å². The van der Waals surface area contributed by atoms with Crippen LogP contribution in [0.2, 0.25) is 0 Å². The van der Waals surface area contributed by atoms with E-state index in [2.05, 4.69) is 14.9 Å². The molecule has 2 N–H and O–H groups in total. The van der Waals surface area contributed by atoms with Gasteiger partial charge in [0.1, 0.15) is 11.6 Å². The number of piperidine rings is 1. The largest absolute Gasteiger partial charge is 0.481 e. The van der Waals surface area contributed by atoms with E-state index < -0.39 is 5.97 Å². The van der Waals surface area contributed by atoms with Crippen LogP contribution in [0.3, 0.4) is 0 Å². The van der Waals surface area contributed by atoms with Gasteiger partial charge in [0.15, 0.2) is 0 Å². The maximum Gasteiger partial charge on any atom is 0.303 e. The Balaban J connectivity index is 1.70. The normalized spacial score (nSPS) is 22.3. The van der Waals surface area contributed by atoms with Gasteiger partial charge in [-0.2, -0.15) is 0 Å². The third-order valence-corrected chi connectivity index (χ3v) is 4.32. The highest BCUT2D eigenvalue weighted by Gasteiger charge is 2.28. The van der Waals surface area contributed by atoms with Gasteiger partial charge in [-0.3, -0.25) is 9.59 Å². The van der Waals surface area contributed by atoms with Gasteiger partial charge in [-0.15, -0.1) is 0 Å². The van der Waals surface area contributed by atoms with Crippen molar-refractivity contribution in [2.45, 2.75) is 44.4 Å². The second-order valence-electron chi connectivity index (χ2n) is 6.15. The molecule has 0 amide bonds. The van der Waals surface area contributed by atoms with E-state index in [1.165, 1.54) is 0 Å². The van der Waals surface area contributed by atoms with Crippen molar-refractivity contribution in [2.24, 2.45) is 5.92 Å². The predicted octanol–water partition coefficient (Wildman–Crippen LogP) is 1.73. The van der Waals surface area contributed by atoms with E-state index >= 15 is 0 Å². The zero-order chi connectivity index (χ0) is 14.8. The number of aliphatic carboxylic acids is 1. The average Bonchev–Trinajstić information content (AvgIpc) is 3.29. The van der Waals surface area contributed by atoms with Crippen LogP contribution >= 0.6 is 0 Å². The first kappa shape index (κ1) is 14.1. The molecule has 3 rings (SSSR count). The number of aromatic amines is 1. The zero-order valence-corrected chi connectivity index (χ0v) is 12.0. The van der Waals surface area contributed by atoms with Crippen molar-refractivity contribution in [3.8, 4) is 0 Å². The van der Waals surface area contributed by atoms with Crippen molar-refractivity contribution >= 4 is 11.8 Å². The number of carbonyl (C=O) groups is 1. The second-order valence-corrected chi connectivity index (χ2v) is 6.15. The number of rotatable bonds is 5. The number of H-pyrrole nitrogens is 1. The first-order valence-corrected chi connectivity index (χ1v) is 7.70. The highest BCUT2D eigenvalue weighted by Crippen LogP contribution is 2.38. The van der Waals surface area contributed by atoms with Crippen LogP contribution in [-0.4, -0.2) is 34.1 Å². The molecule has 1 aliphatic heterocycles. The van der Waals surface area contributed by atoms with Gasteiger partial charge in [0, 0.05) is 31.5 Å². The van der Waals surface area contributed by atoms with E-state index in [1.54, 1.807) is 6.07 Å². The standard InChI is InChI=1S/C15H21N3O3/c19-13-8-12(16-15(17-13)11-4-5-11)18-7-1-2-10(9-18)3-6-14(20)21/h8,10-11H,1-7,9H2,(H,20,21)(H,16,17,19). The molecule has 2 heterocycles. The monoisotopic (exact) mass is 291 g/mol. The predicted molar refractivity (Wildman–Crippen MR) is 78.6 cm³/mol. The van der Waals surface area contributed by atoms with Gasteiger partial charge in [-0.05, 0) is 38.0 Å². The van der Waals surface area contributed by atoms with E-state index in [0.717, 1.165) is 50.4 Å². The van der Waals surface area contributed by atoms with E-state index in [-0.39, 0.29) is 12.0 Å². The zero-order valence-electron chi connectivity index (χ0n) is 12.0. The number of hydrogen-bond donors (Lipinski definition) is 2. The van der Waals surface area contributed by atoms with Crippen LogP contribution in [0, 0.1) is 5.92 Å². The molecule has 0 aromatic carbocycles. The Bertz CT molecular complexity index is 580.